The highest BCUT2D eigenvalue weighted by atomic mass is 16.5. The number of fused-ring (bicyclic) bond motifs is 2. The van der Waals surface area contributed by atoms with E-state index in [0.29, 0.717) is 17.5 Å². The van der Waals surface area contributed by atoms with Crippen LogP contribution in [0.25, 0.3) is 5.57 Å². The second kappa shape index (κ2) is 8.11. The van der Waals surface area contributed by atoms with E-state index in [1.807, 2.05) is 57.4 Å². The highest BCUT2D eigenvalue weighted by Gasteiger charge is 2.34. The topological polar surface area (TPSA) is 69.8 Å². The summed E-state index contributed by atoms with van der Waals surface area (Å²) in [5.74, 6) is -0.508. The smallest absolute Gasteiger partial charge is 0.336 e. The summed E-state index contributed by atoms with van der Waals surface area (Å²) in [6.07, 6.45) is 4.53. The maximum Gasteiger partial charge on any atom is 0.336 e. The van der Waals surface area contributed by atoms with E-state index < -0.39 is 5.97 Å². The summed E-state index contributed by atoms with van der Waals surface area (Å²) in [6, 6.07) is 10.9. The molecule has 1 unspecified atom stereocenters. The molecular formula is C26H27N2O4+. The van der Waals surface area contributed by atoms with Gasteiger partial charge in [-0.3, -0.25) is 4.79 Å². The van der Waals surface area contributed by atoms with Crippen LogP contribution in [0.5, 0.6) is 5.75 Å². The van der Waals surface area contributed by atoms with Gasteiger partial charge in [0.15, 0.2) is 11.5 Å². The van der Waals surface area contributed by atoms with Gasteiger partial charge in [0.2, 0.25) is 0 Å². The van der Waals surface area contributed by atoms with Crippen LogP contribution >= 0.6 is 0 Å². The van der Waals surface area contributed by atoms with Crippen LogP contribution in [0.2, 0.25) is 0 Å². The van der Waals surface area contributed by atoms with E-state index in [2.05, 4.69) is 10.7 Å². The molecule has 4 rings (SSSR count). The summed E-state index contributed by atoms with van der Waals surface area (Å²) in [5.41, 5.74) is 5.84. The lowest BCUT2D eigenvalue weighted by atomic mass is 9.81. The van der Waals surface area contributed by atoms with Crippen LogP contribution in [0.1, 0.15) is 45.2 Å². The Kier molecular flexibility index (Phi) is 5.46. The number of anilines is 1. The third kappa shape index (κ3) is 3.73. The monoisotopic (exact) mass is 431 g/mol. The number of carbonyl (C=O) groups is 2. The molecule has 0 saturated heterocycles. The first-order valence-corrected chi connectivity index (χ1v) is 10.5. The third-order valence-electron chi connectivity index (χ3n) is 6.01. The first-order chi connectivity index (χ1) is 15.2. The minimum absolute atomic E-state index is 0.110. The second-order valence-corrected chi connectivity index (χ2v) is 8.56. The number of Topliss-reactive ketones (excluding diaryl/α,β-unsaturated/α-hetero) is 1. The van der Waals surface area contributed by atoms with Crippen LogP contribution in [0, 0.1) is 0 Å². The van der Waals surface area contributed by atoms with Gasteiger partial charge in [0.25, 0.3) is 0 Å². The lowest BCUT2D eigenvalue weighted by Gasteiger charge is -2.33. The quantitative estimate of drug-likeness (QED) is 0.588. The summed E-state index contributed by atoms with van der Waals surface area (Å²) >= 11 is 0. The Labute approximate surface area is 187 Å². The molecule has 1 heterocycles. The van der Waals surface area contributed by atoms with Gasteiger partial charge in [-0.15, -0.1) is 0 Å². The van der Waals surface area contributed by atoms with Crippen LogP contribution in [-0.2, 0) is 0 Å². The zero-order valence-corrected chi connectivity index (χ0v) is 19.0. The fourth-order valence-corrected chi connectivity index (χ4v) is 4.20. The number of allylic oxidation sites excluding steroid dienone is 1. The minimum Gasteiger partial charge on any atom is -0.484 e. The minimum atomic E-state index is -1.06. The number of carboxylic acid groups (broad SMARTS) is 1. The summed E-state index contributed by atoms with van der Waals surface area (Å²) in [7, 11) is 7.94. The summed E-state index contributed by atoms with van der Waals surface area (Å²) in [6.45, 7) is 1.44. The molecule has 1 N–H and O–H groups in total. The molecule has 0 spiro atoms. The van der Waals surface area contributed by atoms with E-state index in [4.69, 9.17) is 4.74 Å². The van der Waals surface area contributed by atoms with E-state index in [1.54, 1.807) is 12.1 Å². The molecule has 0 fully saturated rings. The molecule has 1 atom stereocenters. The van der Waals surface area contributed by atoms with Crippen molar-refractivity contribution in [3.63, 3.8) is 0 Å². The van der Waals surface area contributed by atoms with Crippen LogP contribution in [0.4, 0.5) is 5.69 Å². The number of aromatic carboxylic acids is 1. The van der Waals surface area contributed by atoms with Crippen molar-refractivity contribution >= 4 is 28.7 Å². The lowest BCUT2D eigenvalue weighted by Crippen LogP contribution is -2.32. The van der Waals surface area contributed by atoms with Gasteiger partial charge < -0.3 is 14.7 Å². The molecule has 0 aromatic heterocycles. The summed E-state index contributed by atoms with van der Waals surface area (Å²) in [5, 5.41) is 9.98. The number of hydrogen-bond acceptors (Lipinski definition) is 4. The molecule has 0 radical (unpaired) electrons. The van der Waals surface area contributed by atoms with E-state index in [-0.39, 0.29) is 17.5 Å². The Hall–Kier alpha value is -3.67. The molecule has 32 heavy (non-hydrogen) atoms. The van der Waals surface area contributed by atoms with Gasteiger partial charge >= 0.3 is 5.97 Å². The van der Waals surface area contributed by atoms with Crippen molar-refractivity contribution in [2.75, 3.05) is 33.1 Å². The third-order valence-corrected chi connectivity index (χ3v) is 6.01. The van der Waals surface area contributed by atoms with Crippen LogP contribution in [0.3, 0.4) is 0 Å². The molecule has 2 aromatic rings. The average Bonchev–Trinajstić information content (AvgIpc) is 2.75. The van der Waals surface area contributed by atoms with Crippen molar-refractivity contribution < 1.29 is 24.0 Å². The molecule has 6 heteroatoms. The van der Waals surface area contributed by atoms with E-state index in [9.17, 15) is 14.7 Å². The standard InChI is InChI=1S/C26H26N2O4/c1-15(29)16-6-9-19(22(12-16)26(30)31)25-20-10-7-17(27(2)3)13-23(20)32-24-14-18(28(4)5)8-11-21(24)25/h6-13,24H,14H2,1-5H3/p+1. The Morgan fingerprint density at radius 3 is 2.41 bits per heavy atom. The number of carbonyl (C=O) groups excluding carboxylic acids is 1. The number of carboxylic acids is 1. The molecule has 2 aliphatic rings. The fourth-order valence-electron chi connectivity index (χ4n) is 4.20. The number of ketones is 1. The molecule has 1 aliphatic carbocycles. The molecule has 1 aliphatic heterocycles. The number of rotatable bonds is 4. The van der Waals surface area contributed by atoms with Gasteiger partial charge in [0.1, 0.15) is 25.9 Å². The van der Waals surface area contributed by atoms with Gasteiger partial charge in [-0.05, 0) is 36.8 Å². The van der Waals surface area contributed by atoms with Crippen molar-refractivity contribution in [3.8, 4) is 5.75 Å². The zero-order chi connectivity index (χ0) is 23.2. The molecule has 6 nitrogen and oxygen atoms in total. The maximum absolute atomic E-state index is 12.2. The molecule has 0 bridgehead atoms. The Bertz CT molecular complexity index is 1230. The second-order valence-electron chi connectivity index (χ2n) is 8.56. The Balaban J connectivity index is 2.02. The molecule has 0 amide bonds. The predicted octanol–water partition coefficient (Wildman–Crippen LogP) is 3.89. The number of nitrogens with zero attached hydrogens (tertiary/aromatic N) is 2. The Morgan fingerprint density at radius 1 is 1.06 bits per heavy atom. The van der Waals surface area contributed by atoms with E-state index in [1.165, 1.54) is 13.0 Å². The predicted molar refractivity (Wildman–Crippen MR) is 125 cm³/mol. The van der Waals surface area contributed by atoms with Crippen molar-refractivity contribution in [3.05, 3.63) is 76.4 Å². The van der Waals surface area contributed by atoms with Gasteiger partial charge in [-0.2, -0.15) is 0 Å². The largest absolute Gasteiger partial charge is 0.484 e. The average molecular weight is 432 g/mol. The van der Waals surface area contributed by atoms with Gasteiger partial charge in [0, 0.05) is 54.2 Å². The number of hydrogen-bond donors (Lipinski definition) is 1. The van der Waals surface area contributed by atoms with Crippen molar-refractivity contribution in [2.45, 2.75) is 19.4 Å². The van der Waals surface area contributed by atoms with Crippen LogP contribution < -0.4 is 9.64 Å². The van der Waals surface area contributed by atoms with Crippen LogP contribution in [0.15, 0.2) is 54.1 Å². The molecule has 2 aromatic carbocycles. The van der Waals surface area contributed by atoms with E-state index >= 15 is 0 Å². The maximum atomic E-state index is 12.2. The Morgan fingerprint density at radius 2 is 1.78 bits per heavy atom. The molecule has 0 saturated carbocycles. The van der Waals surface area contributed by atoms with Gasteiger partial charge in [-0.25, -0.2) is 9.37 Å². The zero-order valence-electron chi connectivity index (χ0n) is 19.0. The number of benzene rings is 2. The number of ether oxygens (including phenoxy) is 1. The summed E-state index contributed by atoms with van der Waals surface area (Å²) < 4.78 is 8.50. The molecule has 164 valence electrons. The van der Waals surface area contributed by atoms with Crippen molar-refractivity contribution in [2.24, 2.45) is 0 Å². The normalized spacial score (nSPS) is 16.8. The molecular weight excluding hydrogens is 404 g/mol. The SMILES string of the molecule is CC(=O)c1ccc(C2=C3C=CC(=[N+](C)C)CC3Oc3cc(N(C)C)ccc32)c(C(=O)O)c1. The fraction of sp³-hybridized carbons (Fsp3) is 0.269. The highest BCUT2D eigenvalue weighted by Crippen LogP contribution is 2.44. The summed E-state index contributed by atoms with van der Waals surface area (Å²) in [4.78, 5) is 26.1. The van der Waals surface area contributed by atoms with E-state index in [0.717, 1.165) is 33.9 Å². The first kappa shape index (κ1) is 21.6. The first-order valence-electron chi connectivity index (χ1n) is 10.5. The van der Waals surface area contributed by atoms with Crippen LogP contribution in [-0.4, -0.2) is 61.4 Å². The van der Waals surface area contributed by atoms with Crippen molar-refractivity contribution in [1.29, 1.82) is 0 Å². The lowest BCUT2D eigenvalue weighted by molar-refractivity contribution is -0.465. The van der Waals surface area contributed by atoms with Gasteiger partial charge in [0.05, 0.1) is 12.0 Å². The van der Waals surface area contributed by atoms with Gasteiger partial charge in [-0.1, -0.05) is 12.1 Å². The van der Waals surface area contributed by atoms with Crippen molar-refractivity contribution in [1.82, 2.24) is 0 Å². The highest BCUT2D eigenvalue weighted by molar-refractivity contribution is 6.04.